The molecule has 2 aliphatic heterocycles. The van der Waals surface area contributed by atoms with Gasteiger partial charge in [0.1, 0.15) is 18.3 Å². The number of thiazole rings is 1. The smallest absolute Gasteiger partial charge is 0.315 e. The van der Waals surface area contributed by atoms with Gasteiger partial charge in [-0.25, -0.2) is 9.78 Å². The number of piperazine rings is 1. The number of primary amides is 1. The van der Waals surface area contributed by atoms with Crippen LogP contribution in [0.5, 0.6) is 10.9 Å². The molecule has 0 spiro atoms. The van der Waals surface area contributed by atoms with Crippen LogP contribution in [0.3, 0.4) is 0 Å². The van der Waals surface area contributed by atoms with Gasteiger partial charge in [-0.05, 0) is 30.3 Å². The molecular formula is C19H19ClN5O2S+. The molecule has 3 unspecified atom stereocenters. The number of pyridine rings is 1. The van der Waals surface area contributed by atoms with E-state index in [1.54, 1.807) is 6.20 Å². The fraction of sp³-hybridized carbons (Fsp3) is 0.316. The maximum atomic E-state index is 11.4. The summed E-state index contributed by atoms with van der Waals surface area (Å²) in [5.41, 5.74) is 7.33. The molecule has 28 heavy (non-hydrogen) atoms. The fourth-order valence-corrected chi connectivity index (χ4v) is 5.28. The first-order valence-electron chi connectivity index (χ1n) is 9.15. The number of quaternary nitrogens is 1. The predicted molar refractivity (Wildman–Crippen MR) is 107 cm³/mol. The third kappa shape index (κ3) is 3.28. The lowest BCUT2D eigenvalue weighted by Gasteiger charge is -2.30. The van der Waals surface area contributed by atoms with Gasteiger partial charge in [0, 0.05) is 18.2 Å². The second-order valence-electron chi connectivity index (χ2n) is 7.32. The van der Waals surface area contributed by atoms with Gasteiger partial charge in [-0.3, -0.25) is 0 Å². The van der Waals surface area contributed by atoms with Crippen molar-refractivity contribution in [2.24, 2.45) is 5.73 Å². The third-order valence-corrected chi connectivity index (χ3v) is 6.60. The van der Waals surface area contributed by atoms with Gasteiger partial charge < -0.3 is 20.3 Å². The van der Waals surface area contributed by atoms with Crippen molar-refractivity contribution in [3.8, 4) is 10.9 Å². The van der Waals surface area contributed by atoms with Crippen LogP contribution in [0, 0.1) is 0 Å². The lowest BCUT2D eigenvalue weighted by Crippen LogP contribution is -3.14. The first-order chi connectivity index (χ1) is 13.5. The Balaban J connectivity index is 1.23. The summed E-state index contributed by atoms with van der Waals surface area (Å²) in [6.45, 7) is 2.68. The van der Waals surface area contributed by atoms with Crippen LogP contribution < -0.4 is 15.4 Å². The second kappa shape index (κ2) is 6.88. The molecule has 0 saturated carbocycles. The number of fused-ring (bicyclic) bond motifs is 3. The summed E-state index contributed by atoms with van der Waals surface area (Å²) in [6.07, 6.45) is 2.63. The Morgan fingerprint density at radius 1 is 1.39 bits per heavy atom. The summed E-state index contributed by atoms with van der Waals surface area (Å²) < 4.78 is 6.78. The summed E-state index contributed by atoms with van der Waals surface area (Å²) in [5.74, 6) is 0.742. The molecule has 1 aromatic carbocycles. The van der Waals surface area contributed by atoms with Gasteiger partial charge in [0.2, 0.25) is 0 Å². The van der Waals surface area contributed by atoms with Gasteiger partial charge in [0.15, 0.2) is 5.65 Å². The van der Waals surface area contributed by atoms with E-state index in [4.69, 9.17) is 22.1 Å². The number of carbonyl (C=O) groups is 1. The number of ether oxygens (including phenoxy) is 1. The first kappa shape index (κ1) is 17.7. The van der Waals surface area contributed by atoms with Gasteiger partial charge in [-0.2, -0.15) is 4.98 Å². The number of rotatable bonds is 4. The highest BCUT2D eigenvalue weighted by Crippen LogP contribution is 2.31. The zero-order valence-corrected chi connectivity index (χ0v) is 16.5. The minimum absolute atomic E-state index is 0.291. The normalized spacial score (nSPS) is 23.5. The topological polar surface area (TPSA) is 85.8 Å². The van der Waals surface area contributed by atoms with Crippen molar-refractivity contribution in [2.45, 2.75) is 25.0 Å². The Hall–Kier alpha value is -2.42. The molecule has 144 valence electrons. The number of nitrogens with zero attached hydrogens (tertiary/aromatic N) is 3. The Morgan fingerprint density at radius 2 is 2.21 bits per heavy atom. The minimum Gasteiger partial charge on any atom is -0.431 e. The van der Waals surface area contributed by atoms with Gasteiger partial charge in [-0.1, -0.05) is 22.9 Å². The van der Waals surface area contributed by atoms with E-state index < -0.39 is 0 Å². The van der Waals surface area contributed by atoms with Gasteiger partial charge in [-0.15, -0.1) is 0 Å². The van der Waals surface area contributed by atoms with E-state index >= 15 is 0 Å². The molecule has 5 rings (SSSR count). The van der Waals surface area contributed by atoms with E-state index in [9.17, 15) is 4.79 Å². The molecule has 7 nitrogen and oxygen atoms in total. The summed E-state index contributed by atoms with van der Waals surface area (Å²) in [6, 6.07) is 10.4. The van der Waals surface area contributed by atoms with Crippen LogP contribution in [0.15, 0.2) is 36.5 Å². The number of nitrogens with two attached hydrogens (primary N) is 1. The molecule has 2 amide bonds. The average Bonchev–Trinajstić information content (AvgIpc) is 3.36. The molecule has 2 fully saturated rings. The standard InChI is InChI=1S/C19H18ClN5O2S/c20-12-5-16-17(22-7-12)23-19(28-16)27-15-3-1-11(2-4-15)8-24-9-14-6-13(24)10-25(14)18(21)26/h1-5,7,13-14H,6,8-10H2,(H2,21,26)/p+1. The number of hydrogen-bond donors (Lipinski definition) is 2. The third-order valence-electron chi connectivity index (χ3n) is 5.53. The SMILES string of the molecule is NC(=O)N1CC2CC1C[NH+]2Cc1ccc(Oc2nc3ncc(Cl)cc3s2)cc1. The van der Waals surface area contributed by atoms with Gasteiger partial charge in [0.05, 0.1) is 28.9 Å². The number of urea groups is 1. The molecule has 2 bridgehead atoms. The monoisotopic (exact) mass is 416 g/mol. The number of halogens is 1. The van der Waals surface area contributed by atoms with E-state index in [0.29, 0.717) is 27.9 Å². The Bertz CT molecular complexity index is 1040. The molecule has 2 aliphatic rings. The number of aromatic nitrogens is 2. The van der Waals surface area contributed by atoms with E-state index in [2.05, 4.69) is 22.1 Å². The zero-order valence-electron chi connectivity index (χ0n) is 15.0. The summed E-state index contributed by atoms with van der Waals surface area (Å²) in [4.78, 5) is 23.3. The van der Waals surface area contributed by atoms with Crippen LogP contribution in [0.2, 0.25) is 5.02 Å². The molecule has 3 aromatic rings. The number of amides is 2. The van der Waals surface area contributed by atoms with E-state index in [0.717, 1.165) is 36.5 Å². The molecule has 3 N–H and O–H groups in total. The van der Waals surface area contributed by atoms with Crippen LogP contribution in [0.25, 0.3) is 10.3 Å². The highest BCUT2D eigenvalue weighted by Gasteiger charge is 2.48. The van der Waals surface area contributed by atoms with Crippen molar-refractivity contribution in [1.82, 2.24) is 14.9 Å². The maximum Gasteiger partial charge on any atom is 0.315 e. The van der Waals surface area contributed by atoms with E-state index in [-0.39, 0.29) is 6.03 Å². The zero-order chi connectivity index (χ0) is 19.3. The molecular weight excluding hydrogens is 398 g/mol. The molecule has 2 aromatic heterocycles. The van der Waals surface area contributed by atoms with Crippen LogP contribution >= 0.6 is 22.9 Å². The number of likely N-dealkylation sites (tertiary alicyclic amines) is 2. The predicted octanol–water partition coefficient (Wildman–Crippen LogP) is 2.06. The quantitative estimate of drug-likeness (QED) is 0.681. The molecule has 0 aliphatic carbocycles. The van der Waals surface area contributed by atoms with Crippen molar-refractivity contribution >= 4 is 39.3 Å². The Morgan fingerprint density at radius 3 is 2.93 bits per heavy atom. The molecule has 4 heterocycles. The lowest BCUT2D eigenvalue weighted by atomic mass is 10.2. The summed E-state index contributed by atoms with van der Waals surface area (Å²) in [7, 11) is 0. The van der Waals surface area contributed by atoms with Gasteiger partial charge in [0.25, 0.3) is 5.19 Å². The second-order valence-corrected chi connectivity index (χ2v) is 8.75. The number of hydrogen-bond acceptors (Lipinski definition) is 5. The summed E-state index contributed by atoms with van der Waals surface area (Å²) >= 11 is 7.39. The number of nitrogens with one attached hydrogen (secondary N) is 1. The van der Waals surface area contributed by atoms with E-state index in [1.165, 1.54) is 21.8 Å². The largest absolute Gasteiger partial charge is 0.431 e. The molecule has 2 saturated heterocycles. The maximum absolute atomic E-state index is 11.4. The minimum atomic E-state index is -0.291. The van der Waals surface area contributed by atoms with Crippen LogP contribution in [-0.2, 0) is 6.54 Å². The van der Waals surface area contributed by atoms with Crippen molar-refractivity contribution in [3.63, 3.8) is 0 Å². The molecule has 0 radical (unpaired) electrons. The van der Waals surface area contributed by atoms with Crippen molar-refractivity contribution < 1.29 is 14.4 Å². The molecule has 9 heteroatoms. The van der Waals surface area contributed by atoms with Crippen molar-refractivity contribution in [1.29, 1.82) is 0 Å². The van der Waals surface area contributed by atoms with Crippen LogP contribution in [0.4, 0.5) is 4.79 Å². The van der Waals surface area contributed by atoms with Crippen LogP contribution in [-0.4, -0.2) is 46.1 Å². The lowest BCUT2D eigenvalue weighted by molar-refractivity contribution is -0.929. The van der Waals surface area contributed by atoms with Crippen LogP contribution in [0.1, 0.15) is 12.0 Å². The average molecular weight is 417 g/mol. The summed E-state index contributed by atoms with van der Waals surface area (Å²) in [5, 5.41) is 1.13. The highest BCUT2D eigenvalue weighted by atomic mass is 35.5. The Kier molecular flexibility index (Phi) is 4.34. The number of benzene rings is 1. The van der Waals surface area contributed by atoms with Crippen molar-refractivity contribution in [3.05, 3.63) is 47.1 Å². The van der Waals surface area contributed by atoms with E-state index in [1.807, 2.05) is 23.1 Å². The van der Waals surface area contributed by atoms with Gasteiger partial charge >= 0.3 is 6.03 Å². The highest BCUT2D eigenvalue weighted by molar-refractivity contribution is 7.20. The molecule has 3 atom stereocenters. The number of carbonyl (C=O) groups excluding carboxylic acids is 1. The first-order valence-corrected chi connectivity index (χ1v) is 10.3. The van der Waals surface area contributed by atoms with Crippen molar-refractivity contribution in [2.75, 3.05) is 13.1 Å². The Labute approximate surface area is 170 Å². The fourth-order valence-electron chi connectivity index (χ4n) is 4.22.